The van der Waals surface area contributed by atoms with Crippen LogP contribution in [0.2, 0.25) is 0 Å². The van der Waals surface area contributed by atoms with Crippen LogP contribution < -0.4 is 0 Å². The van der Waals surface area contributed by atoms with Gasteiger partial charge in [-0.2, -0.15) is 0 Å². The van der Waals surface area contributed by atoms with Crippen molar-refractivity contribution < 1.29 is 0 Å². The van der Waals surface area contributed by atoms with Crippen LogP contribution in [-0.2, 0) is 5.41 Å². The summed E-state index contributed by atoms with van der Waals surface area (Å²) < 4.78 is 4.99. The largest absolute Gasteiger partial charge is 0.333 e. The summed E-state index contributed by atoms with van der Waals surface area (Å²) in [7, 11) is 0. The Morgan fingerprint density at radius 1 is 0.491 bits per heavy atom. The molecule has 7 aromatic carbocycles. The molecule has 252 valence electrons. The number of nitrogens with zero attached hydrogens (tertiary/aromatic N) is 2. The molecule has 2 aromatic heterocycles. The van der Waals surface area contributed by atoms with Gasteiger partial charge in [-0.15, -0.1) is 0 Å². The second-order valence-electron chi connectivity index (χ2n) is 15.3. The average molecular weight is 679 g/mol. The van der Waals surface area contributed by atoms with E-state index >= 15 is 0 Å². The molecule has 0 saturated heterocycles. The minimum absolute atomic E-state index is 0.0103. The molecular formula is C51H38N2. The van der Waals surface area contributed by atoms with Crippen LogP contribution in [0.5, 0.6) is 0 Å². The van der Waals surface area contributed by atoms with E-state index < -0.39 is 0 Å². The van der Waals surface area contributed by atoms with Gasteiger partial charge in [-0.05, 0) is 99.5 Å². The van der Waals surface area contributed by atoms with E-state index in [1.165, 1.54) is 93.8 Å². The van der Waals surface area contributed by atoms with Crippen LogP contribution in [0.1, 0.15) is 43.0 Å². The van der Waals surface area contributed by atoms with Crippen LogP contribution in [0, 0.1) is 0 Å². The lowest BCUT2D eigenvalue weighted by Gasteiger charge is -2.21. The van der Waals surface area contributed by atoms with Crippen molar-refractivity contribution in [1.29, 1.82) is 0 Å². The fraction of sp³-hybridized carbons (Fsp3) is 0.0980. The molecule has 1 unspecified atom stereocenters. The highest BCUT2D eigenvalue weighted by Gasteiger charge is 2.35. The molecule has 53 heavy (non-hydrogen) atoms. The zero-order chi connectivity index (χ0) is 35.3. The maximum Gasteiger partial charge on any atom is 0.0560 e. The molecule has 2 heterocycles. The molecule has 0 radical (unpaired) electrons. The van der Waals surface area contributed by atoms with Crippen molar-refractivity contribution >= 4 is 49.2 Å². The van der Waals surface area contributed by atoms with E-state index in [1.807, 2.05) is 0 Å². The van der Waals surface area contributed by atoms with E-state index in [1.54, 1.807) is 0 Å². The molecule has 0 fully saturated rings. The average Bonchev–Trinajstić information content (AvgIpc) is 3.81. The molecule has 2 aliphatic carbocycles. The van der Waals surface area contributed by atoms with Gasteiger partial charge in [0.25, 0.3) is 0 Å². The number of fused-ring (bicyclic) bond motifs is 9. The second-order valence-corrected chi connectivity index (χ2v) is 15.3. The Morgan fingerprint density at radius 3 is 1.87 bits per heavy atom. The van der Waals surface area contributed by atoms with Crippen molar-refractivity contribution in [3.8, 4) is 27.9 Å². The molecule has 9 aromatic rings. The van der Waals surface area contributed by atoms with Gasteiger partial charge in [0.2, 0.25) is 0 Å². The van der Waals surface area contributed by atoms with Crippen molar-refractivity contribution in [3.63, 3.8) is 0 Å². The highest BCUT2D eigenvalue weighted by atomic mass is 15.0. The Morgan fingerprint density at radius 2 is 1.09 bits per heavy atom. The molecule has 0 aliphatic heterocycles. The lowest BCUT2D eigenvalue weighted by Crippen LogP contribution is -2.14. The number of allylic oxidation sites excluding steroid dienone is 4. The summed E-state index contributed by atoms with van der Waals surface area (Å²) in [5, 5.41) is 5.15. The smallest absolute Gasteiger partial charge is 0.0560 e. The van der Waals surface area contributed by atoms with Gasteiger partial charge >= 0.3 is 0 Å². The third kappa shape index (κ3) is 4.45. The van der Waals surface area contributed by atoms with Crippen molar-refractivity contribution in [2.45, 2.75) is 31.7 Å². The number of para-hydroxylation sites is 2. The van der Waals surface area contributed by atoms with Crippen LogP contribution in [0.3, 0.4) is 0 Å². The summed E-state index contributed by atoms with van der Waals surface area (Å²) in [4.78, 5) is 0. The van der Waals surface area contributed by atoms with Gasteiger partial charge in [-0.3, -0.25) is 0 Å². The first kappa shape index (κ1) is 30.3. The topological polar surface area (TPSA) is 9.86 Å². The minimum atomic E-state index is -0.0103. The van der Waals surface area contributed by atoms with Gasteiger partial charge in [-0.1, -0.05) is 141 Å². The summed E-state index contributed by atoms with van der Waals surface area (Å²) >= 11 is 0. The molecular weight excluding hydrogens is 641 g/mol. The van der Waals surface area contributed by atoms with E-state index in [2.05, 4.69) is 199 Å². The predicted molar refractivity (Wildman–Crippen MR) is 224 cm³/mol. The number of hydrogen-bond donors (Lipinski definition) is 0. The minimum Gasteiger partial charge on any atom is -0.333 e. The first-order chi connectivity index (χ1) is 26.0. The number of hydrogen-bond acceptors (Lipinski definition) is 0. The first-order valence-electron chi connectivity index (χ1n) is 18.8. The number of rotatable bonds is 4. The maximum absolute atomic E-state index is 2.54. The van der Waals surface area contributed by atoms with Gasteiger partial charge in [-0.25, -0.2) is 0 Å². The molecule has 2 aliphatic rings. The van der Waals surface area contributed by atoms with Crippen molar-refractivity contribution in [3.05, 3.63) is 193 Å². The molecule has 0 spiro atoms. The van der Waals surface area contributed by atoms with E-state index in [0.717, 1.165) is 6.42 Å². The van der Waals surface area contributed by atoms with Crippen molar-refractivity contribution in [2.75, 3.05) is 0 Å². The Labute approximate surface area is 309 Å². The summed E-state index contributed by atoms with van der Waals surface area (Å²) in [6.45, 7) is 4.70. The monoisotopic (exact) mass is 678 g/mol. The van der Waals surface area contributed by atoms with E-state index in [0.29, 0.717) is 0 Å². The van der Waals surface area contributed by atoms with E-state index in [9.17, 15) is 0 Å². The fourth-order valence-electron chi connectivity index (χ4n) is 9.46. The lowest BCUT2D eigenvalue weighted by molar-refractivity contribution is 0.649. The van der Waals surface area contributed by atoms with Gasteiger partial charge in [0.05, 0.1) is 17.1 Å². The van der Waals surface area contributed by atoms with Crippen molar-refractivity contribution in [2.24, 2.45) is 0 Å². The Kier molecular flexibility index (Phi) is 6.46. The standard InChI is InChI=1S/C51H38N2/c1-51(2)45-17-9-6-14-39(45)42-32-38(26-27-46(42)51)53-48-19-11-8-16-41(48)44-31-36(23-29-50(44)53)35-22-28-49-43(30-35)40-15-7-10-18-47(40)52(49)37-24-20-34(21-25-37)33-12-4-3-5-13-33/h3-24,26-32,37H,25H2,1-2H3. The van der Waals surface area contributed by atoms with Gasteiger partial charge in [0.1, 0.15) is 0 Å². The van der Waals surface area contributed by atoms with E-state index in [4.69, 9.17) is 0 Å². The van der Waals surface area contributed by atoms with Gasteiger partial charge < -0.3 is 9.13 Å². The maximum atomic E-state index is 2.54. The Bertz CT molecular complexity index is 3000. The molecule has 0 amide bonds. The van der Waals surface area contributed by atoms with Crippen LogP contribution >= 0.6 is 0 Å². The highest BCUT2D eigenvalue weighted by Crippen LogP contribution is 2.49. The number of aromatic nitrogens is 2. The summed E-state index contributed by atoms with van der Waals surface area (Å²) in [6, 6.07) is 58.8. The molecule has 11 rings (SSSR count). The summed E-state index contributed by atoms with van der Waals surface area (Å²) in [6.07, 6.45) is 8.04. The molecule has 2 nitrogen and oxygen atoms in total. The Balaban J connectivity index is 1.02. The molecule has 0 saturated carbocycles. The highest BCUT2D eigenvalue weighted by molar-refractivity contribution is 6.12. The zero-order valence-corrected chi connectivity index (χ0v) is 29.9. The van der Waals surface area contributed by atoms with Crippen LogP contribution in [0.4, 0.5) is 0 Å². The lowest BCUT2D eigenvalue weighted by atomic mass is 9.82. The van der Waals surface area contributed by atoms with Gasteiger partial charge in [0.15, 0.2) is 0 Å². The molecule has 2 heteroatoms. The fourth-order valence-corrected chi connectivity index (χ4v) is 9.46. The van der Waals surface area contributed by atoms with E-state index in [-0.39, 0.29) is 11.5 Å². The SMILES string of the molecule is CC1(C)c2ccccc2-c2cc(-n3c4ccccc4c4cc(-c5ccc6c(c5)c5ccccc5n6C5C=CC(c6ccccc6)=CC5)ccc43)ccc21. The zero-order valence-electron chi connectivity index (χ0n) is 29.9. The second kappa shape index (κ2) is 11.3. The molecule has 0 N–H and O–H groups in total. The van der Waals surface area contributed by atoms with Gasteiger partial charge in [0, 0.05) is 43.7 Å². The molecule has 1 atom stereocenters. The third-order valence-electron chi connectivity index (χ3n) is 12.1. The third-order valence-corrected chi connectivity index (χ3v) is 12.1. The number of benzene rings is 7. The quantitative estimate of drug-likeness (QED) is 0.175. The van der Waals surface area contributed by atoms with Crippen LogP contribution in [0.25, 0.3) is 77.1 Å². The van der Waals surface area contributed by atoms with Crippen molar-refractivity contribution in [1.82, 2.24) is 9.13 Å². The normalized spacial score (nSPS) is 16.0. The first-order valence-corrected chi connectivity index (χ1v) is 18.8. The molecule has 0 bridgehead atoms. The Hall–Kier alpha value is -6.38. The van der Waals surface area contributed by atoms with Crippen LogP contribution in [-0.4, -0.2) is 9.13 Å². The van der Waals surface area contributed by atoms with Crippen LogP contribution in [0.15, 0.2) is 176 Å². The summed E-state index contributed by atoms with van der Waals surface area (Å²) in [5.74, 6) is 0. The predicted octanol–water partition coefficient (Wildman–Crippen LogP) is 13.4. The summed E-state index contributed by atoms with van der Waals surface area (Å²) in [5.41, 5.74) is 16.7.